The molecule has 0 spiro atoms. The van der Waals surface area contributed by atoms with Gasteiger partial charge in [-0.25, -0.2) is 4.98 Å². The number of nitrogens with zero attached hydrogens (tertiary/aromatic N) is 4. The first-order chi connectivity index (χ1) is 10.0. The Labute approximate surface area is 126 Å². The number of rotatable bonds is 6. The van der Waals surface area contributed by atoms with Crippen molar-refractivity contribution in [3.05, 3.63) is 11.6 Å². The summed E-state index contributed by atoms with van der Waals surface area (Å²) in [5.41, 5.74) is 1.15. The van der Waals surface area contributed by atoms with Crippen LogP contribution in [0.1, 0.15) is 6.92 Å². The van der Waals surface area contributed by atoms with E-state index in [1.54, 1.807) is 17.9 Å². The molecule has 2 N–H and O–H groups in total. The van der Waals surface area contributed by atoms with E-state index in [1.165, 1.54) is 6.92 Å². The highest BCUT2D eigenvalue weighted by molar-refractivity contribution is 6.28. The van der Waals surface area contributed by atoms with E-state index in [-0.39, 0.29) is 30.4 Å². The SMILES string of the molecule is CNc1nc(Cl)nc2c1ncn2CC(CO)COC(C)=O. The van der Waals surface area contributed by atoms with Crippen LogP contribution in [0.2, 0.25) is 5.28 Å². The highest BCUT2D eigenvalue weighted by Gasteiger charge is 2.16. The summed E-state index contributed by atoms with van der Waals surface area (Å²) in [7, 11) is 1.72. The maximum absolute atomic E-state index is 10.8. The van der Waals surface area contributed by atoms with Crippen molar-refractivity contribution in [3.63, 3.8) is 0 Å². The van der Waals surface area contributed by atoms with Gasteiger partial charge in [0, 0.05) is 26.4 Å². The summed E-state index contributed by atoms with van der Waals surface area (Å²) in [6.45, 7) is 1.73. The normalized spacial score (nSPS) is 12.4. The van der Waals surface area contributed by atoms with E-state index in [4.69, 9.17) is 16.3 Å². The van der Waals surface area contributed by atoms with Gasteiger partial charge < -0.3 is 19.7 Å². The number of ether oxygens (including phenoxy) is 1. The zero-order valence-corrected chi connectivity index (χ0v) is 12.5. The topological polar surface area (TPSA) is 102 Å². The number of carbonyl (C=O) groups excluding carboxylic acids is 1. The summed E-state index contributed by atoms with van der Waals surface area (Å²) < 4.78 is 6.66. The molecule has 0 bridgehead atoms. The van der Waals surface area contributed by atoms with Crippen molar-refractivity contribution in [1.29, 1.82) is 0 Å². The number of aliphatic hydroxyl groups is 1. The minimum Gasteiger partial charge on any atom is -0.465 e. The van der Waals surface area contributed by atoms with E-state index in [0.717, 1.165) is 0 Å². The molecule has 0 saturated heterocycles. The fourth-order valence-electron chi connectivity index (χ4n) is 1.90. The first-order valence-electron chi connectivity index (χ1n) is 6.35. The average molecular weight is 314 g/mol. The Morgan fingerprint density at radius 2 is 2.33 bits per heavy atom. The molecule has 9 heteroatoms. The Morgan fingerprint density at radius 1 is 1.57 bits per heavy atom. The highest BCUT2D eigenvalue weighted by Crippen LogP contribution is 2.21. The minimum absolute atomic E-state index is 0.106. The lowest BCUT2D eigenvalue weighted by Crippen LogP contribution is -2.21. The molecule has 21 heavy (non-hydrogen) atoms. The van der Waals surface area contributed by atoms with Crippen LogP contribution >= 0.6 is 11.6 Å². The van der Waals surface area contributed by atoms with Crippen LogP contribution in [-0.2, 0) is 16.1 Å². The highest BCUT2D eigenvalue weighted by atomic mass is 35.5. The number of hydrogen-bond acceptors (Lipinski definition) is 7. The van der Waals surface area contributed by atoms with Crippen LogP contribution in [-0.4, -0.2) is 50.9 Å². The van der Waals surface area contributed by atoms with Crippen LogP contribution in [0.3, 0.4) is 0 Å². The lowest BCUT2D eigenvalue weighted by atomic mass is 10.2. The Balaban J connectivity index is 2.25. The van der Waals surface area contributed by atoms with E-state index < -0.39 is 0 Å². The maximum Gasteiger partial charge on any atom is 0.302 e. The van der Waals surface area contributed by atoms with Gasteiger partial charge in [0.25, 0.3) is 0 Å². The number of esters is 1. The third kappa shape index (κ3) is 3.59. The second-order valence-corrected chi connectivity index (χ2v) is 4.85. The summed E-state index contributed by atoms with van der Waals surface area (Å²) >= 11 is 5.88. The van der Waals surface area contributed by atoms with Gasteiger partial charge in [0.05, 0.1) is 19.5 Å². The minimum atomic E-state index is -0.383. The molecule has 2 heterocycles. The smallest absolute Gasteiger partial charge is 0.302 e. The van der Waals surface area contributed by atoms with Gasteiger partial charge in [0.2, 0.25) is 5.28 Å². The fraction of sp³-hybridized carbons (Fsp3) is 0.500. The molecular formula is C12H16ClN5O3. The molecule has 0 aliphatic rings. The fourth-order valence-corrected chi connectivity index (χ4v) is 2.07. The average Bonchev–Trinajstić information content (AvgIpc) is 2.85. The quantitative estimate of drug-likeness (QED) is 0.597. The molecule has 1 unspecified atom stereocenters. The van der Waals surface area contributed by atoms with Crippen molar-refractivity contribution in [3.8, 4) is 0 Å². The van der Waals surface area contributed by atoms with Gasteiger partial charge in [0.15, 0.2) is 17.0 Å². The van der Waals surface area contributed by atoms with Gasteiger partial charge in [-0.15, -0.1) is 0 Å². The van der Waals surface area contributed by atoms with Crippen molar-refractivity contribution >= 4 is 34.6 Å². The maximum atomic E-state index is 10.8. The molecule has 0 saturated carbocycles. The van der Waals surface area contributed by atoms with Crippen LogP contribution in [0.15, 0.2) is 6.33 Å². The molecule has 1 atom stereocenters. The lowest BCUT2D eigenvalue weighted by molar-refractivity contribution is -0.142. The summed E-state index contributed by atoms with van der Waals surface area (Å²) in [6, 6.07) is 0. The van der Waals surface area contributed by atoms with E-state index in [0.29, 0.717) is 23.5 Å². The van der Waals surface area contributed by atoms with Crippen molar-refractivity contribution in [2.24, 2.45) is 5.92 Å². The van der Waals surface area contributed by atoms with Gasteiger partial charge in [-0.2, -0.15) is 9.97 Å². The molecule has 0 aliphatic carbocycles. The lowest BCUT2D eigenvalue weighted by Gasteiger charge is -2.14. The van der Waals surface area contributed by atoms with Gasteiger partial charge in [-0.1, -0.05) is 0 Å². The molecule has 2 aromatic heterocycles. The molecule has 0 radical (unpaired) electrons. The van der Waals surface area contributed by atoms with Gasteiger partial charge in [0.1, 0.15) is 0 Å². The Kier molecular flexibility index (Phi) is 4.92. The second kappa shape index (κ2) is 6.68. The predicted molar refractivity (Wildman–Crippen MR) is 77.1 cm³/mol. The number of nitrogens with one attached hydrogen (secondary N) is 1. The number of fused-ring (bicyclic) bond motifs is 1. The van der Waals surface area contributed by atoms with E-state index in [9.17, 15) is 9.90 Å². The molecule has 114 valence electrons. The number of carbonyl (C=O) groups is 1. The van der Waals surface area contributed by atoms with Gasteiger partial charge >= 0.3 is 5.97 Å². The summed E-state index contributed by atoms with van der Waals surface area (Å²) in [4.78, 5) is 23.3. The standard InChI is InChI=1S/C12H16ClN5O3/c1-7(20)21-5-8(4-19)3-18-6-15-9-10(14-2)16-12(13)17-11(9)18/h6,8,19H,3-5H2,1-2H3,(H,14,16,17). The summed E-state index contributed by atoms with van der Waals surface area (Å²) in [5, 5.41) is 12.4. The van der Waals surface area contributed by atoms with Gasteiger partial charge in [-0.3, -0.25) is 4.79 Å². The van der Waals surface area contributed by atoms with Crippen molar-refractivity contribution < 1.29 is 14.6 Å². The molecule has 0 aliphatic heterocycles. The molecule has 2 aromatic rings. The van der Waals surface area contributed by atoms with Crippen LogP contribution in [0.5, 0.6) is 0 Å². The molecule has 0 fully saturated rings. The molecule has 0 aromatic carbocycles. The third-order valence-electron chi connectivity index (χ3n) is 2.91. The number of aromatic nitrogens is 4. The Morgan fingerprint density at radius 3 is 2.95 bits per heavy atom. The van der Waals surface area contributed by atoms with Crippen LogP contribution < -0.4 is 5.32 Å². The van der Waals surface area contributed by atoms with Crippen LogP contribution in [0.4, 0.5) is 5.82 Å². The molecule has 2 rings (SSSR count). The van der Waals surface area contributed by atoms with E-state index in [2.05, 4.69) is 20.3 Å². The second-order valence-electron chi connectivity index (χ2n) is 4.51. The Hall–Kier alpha value is -1.93. The summed E-state index contributed by atoms with van der Waals surface area (Å²) in [5.74, 6) is -0.103. The first kappa shape index (κ1) is 15.5. The number of halogens is 1. The zero-order valence-electron chi connectivity index (χ0n) is 11.7. The predicted octanol–water partition coefficient (Wildman–Crippen LogP) is 0.693. The zero-order chi connectivity index (χ0) is 15.4. The van der Waals surface area contributed by atoms with Gasteiger partial charge in [-0.05, 0) is 11.6 Å². The van der Waals surface area contributed by atoms with Crippen molar-refractivity contribution in [1.82, 2.24) is 19.5 Å². The monoisotopic (exact) mass is 313 g/mol. The van der Waals surface area contributed by atoms with Crippen molar-refractivity contribution in [2.45, 2.75) is 13.5 Å². The van der Waals surface area contributed by atoms with Crippen molar-refractivity contribution in [2.75, 3.05) is 25.6 Å². The van der Waals surface area contributed by atoms with Crippen LogP contribution in [0, 0.1) is 5.92 Å². The van der Waals surface area contributed by atoms with E-state index >= 15 is 0 Å². The first-order valence-corrected chi connectivity index (χ1v) is 6.73. The number of hydrogen-bond donors (Lipinski definition) is 2. The Bertz CT molecular complexity index is 645. The largest absolute Gasteiger partial charge is 0.465 e. The number of aliphatic hydroxyl groups excluding tert-OH is 1. The molecular weight excluding hydrogens is 298 g/mol. The summed E-state index contributed by atoms with van der Waals surface area (Å²) in [6.07, 6.45) is 1.59. The third-order valence-corrected chi connectivity index (χ3v) is 3.08. The number of anilines is 1. The molecule has 0 amide bonds. The number of imidazole rings is 1. The van der Waals surface area contributed by atoms with Crippen LogP contribution in [0.25, 0.3) is 11.2 Å². The van der Waals surface area contributed by atoms with E-state index in [1.807, 2.05) is 0 Å². The molecule has 8 nitrogen and oxygen atoms in total.